The molecular formula is C15H22N2O5S2. The van der Waals surface area contributed by atoms with E-state index < -0.39 is 25.9 Å². The molecule has 1 aromatic carbocycles. The lowest BCUT2D eigenvalue weighted by molar-refractivity contribution is 0.0950. The number of aryl methyl sites for hydroxylation is 1. The fourth-order valence-corrected chi connectivity index (χ4v) is 5.68. The van der Waals surface area contributed by atoms with E-state index in [9.17, 15) is 21.6 Å². The van der Waals surface area contributed by atoms with Crippen molar-refractivity contribution < 1.29 is 21.6 Å². The van der Waals surface area contributed by atoms with Crippen molar-refractivity contribution in [3.8, 4) is 0 Å². The van der Waals surface area contributed by atoms with Crippen LogP contribution in [0.5, 0.6) is 0 Å². The monoisotopic (exact) mass is 374 g/mol. The lowest BCUT2D eigenvalue weighted by Crippen LogP contribution is -2.44. The molecule has 0 saturated carbocycles. The second-order valence-corrected chi connectivity index (χ2v) is 10.2. The fourth-order valence-electron chi connectivity index (χ4n) is 2.71. The van der Waals surface area contributed by atoms with E-state index in [-0.39, 0.29) is 30.5 Å². The molecule has 24 heavy (non-hydrogen) atoms. The fraction of sp³-hybridized carbons (Fsp3) is 0.533. The van der Waals surface area contributed by atoms with Crippen molar-refractivity contribution in [2.24, 2.45) is 0 Å². The highest BCUT2D eigenvalue weighted by atomic mass is 32.2. The van der Waals surface area contributed by atoms with Crippen LogP contribution in [0.15, 0.2) is 24.3 Å². The van der Waals surface area contributed by atoms with Crippen LogP contribution < -0.4 is 5.32 Å². The summed E-state index contributed by atoms with van der Waals surface area (Å²) in [5.74, 6) is -0.451. The number of sulfone groups is 1. The van der Waals surface area contributed by atoms with Crippen LogP contribution in [0, 0.1) is 6.92 Å². The molecule has 0 spiro atoms. The molecular weight excluding hydrogens is 352 g/mol. The van der Waals surface area contributed by atoms with Crippen LogP contribution in [0.2, 0.25) is 0 Å². The average Bonchev–Trinajstić information content (AvgIpc) is 2.82. The standard InChI is InChI=1S/C15H22N2O5S2/c1-12-3-5-13(6-4-12)15(18)16-8-9-17(23(2,19)20)14-7-10-24(21,22)11-14/h3-6,14H,7-11H2,1-2H3,(H,16,18). The summed E-state index contributed by atoms with van der Waals surface area (Å²) in [7, 11) is -6.73. The SMILES string of the molecule is Cc1ccc(C(=O)NCCN(C2CCS(=O)(=O)C2)S(C)(=O)=O)cc1. The van der Waals surface area contributed by atoms with E-state index in [1.165, 1.54) is 4.31 Å². The highest BCUT2D eigenvalue weighted by molar-refractivity contribution is 7.92. The first kappa shape index (κ1) is 18.9. The van der Waals surface area contributed by atoms with Crippen LogP contribution in [-0.2, 0) is 19.9 Å². The van der Waals surface area contributed by atoms with E-state index in [1.54, 1.807) is 12.1 Å². The van der Waals surface area contributed by atoms with Crippen LogP contribution in [0.3, 0.4) is 0 Å². The Morgan fingerprint density at radius 2 is 1.92 bits per heavy atom. The molecule has 1 unspecified atom stereocenters. The molecule has 2 rings (SSSR count). The summed E-state index contributed by atoms with van der Waals surface area (Å²) in [4.78, 5) is 12.0. The van der Waals surface area contributed by atoms with Crippen molar-refractivity contribution in [3.63, 3.8) is 0 Å². The van der Waals surface area contributed by atoms with Crippen LogP contribution in [0.1, 0.15) is 22.3 Å². The Bertz CT molecular complexity index is 801. The predicted molar refractivity (Wildman–Crippen MR) is 92.1 cm³/mol. The summed E-state index contributed by atoms with van der Waals surface area (Å²) in [6.45, 7) is 2.09. The first-order chi connectivity index (χ1) is 11.1. The van der Waals surface area contributed by atoms with Crippen molar-refractivity contribution in [1.82, 2.24) is 9.62 Å². The van der Waals surface area contributed by atoms with Gasteiger partial charge in [-0.25, -0.2) is 16.8 Å². The van der Waals surface area contributed by atoms with E-state index >= 15 is 0 Å². The highest BCUT2D eigenvalue weighted by Crippen LogP contribution is 2.19. The van der Waals surface area contributed by atoms with E-state index in [1.807, 2.05) is 19.1 Å². The summed E-state index contributed by atoms with van der Waals surface area (Å²) >= 11 is 0. The van der Waals surface area contributed by atoms with Crippen molar-refractivity contribution >= 4 is 25.8 Å². The second-order valence-electron chi connectivity index (χ2n) is 6.05. The number of carbonyl (C=O) groups is 1. The maximum absolute atomic E-state index is 12.0. The number of hydrogen-bond acceptors (Lipinski definition) is 5. The molecule has 1 fully saturated rings. The molecule has 0 radical (unpaired) electrons. The molecule has 0 aromatic heterocycles. The van der Waals surface area contributed by atoms with E-state index in [2.05, 4.69) is 5.32 Å². The van der Waals surface area contributed by atoms with Crippen LogP contribution in [0.25, 0.3) is 0 Å². The van der Waals surface area contributed by atoms with Crippen molar-refractivity contribution in [2.45, 2.75) is 19.4 Å². The average molecular weight is 374 g/mol. The zero-order chi connectivity index (χ0) is 18.0. The van der Waals surface area contributed by atoms with Gasteiger partial charge in [-0.3, -0.25) is 4.79 Å². The molecule has 1 N–H and O–H groups in total. The summed E-state index contributed by atoms with van der Waals surface area (Å²) in [5.41, 5.74) is 1.53. The van der Waals surface area contributed by atoms with Crippen LogP contribution in [0.4, 0.5) is 0 Å². The summed E-state index contributed by atoms with van der Waals surface area (Å²) in [6.07, 6.45) is 1.35. The third-order valence-electron chi connectivity index (χ3n) is 3.97. The Morgan fingerprint density at radius 1 is 1.29 bits per heavy atom. The number of rotatable bonds is 6. The lowest BCUT2D eigenvalue weighted by Gasteiger charge is -2.25. The molecule has 1 aromatic rings. The Hall–Kier alpha value is -1.45. The van der Waals surface area contributed by atoms with Gasteiger partial charge in [0, 0.05) is 24.7 Å². The van der Waals surface area contributed by atoms with Crippen molar-refractivity contribution in [1.29, 1.82) is 0 Å². The first-order valence-electron chi connectivity index (χ1n) is 7.60. The molecule has 134 valence electrons. The Balaban J connectivity index is 1.96. The van der Waals surface area contributed by atoms with E-state index in [0.717, 1.165) is 11.8 Å². The molecule has 1 saturated heterocycles. The molecule has 1 heterocycles. The van der Waals surface area contributed by atoms with Gasteiger partial charge in [0.25, 0.3) is 5.91 Å². The summed E-state index contributed by atoms with van der Waals surface area (Å²) in [6, 6.07) is 6.48. The van der Waals surface area contributed by atoms with Gasteiger partial charge in [-0.2, -0.15) is 4.31 Å². The van der Waals surface area contributed by atoms with Gasteiger partial charge in [-0.1, -0.05) is 17.7 Å². The second kappa shape index (κ2) is 7.20. The number of sulfonamides is 1. The molecule has 0 aliphatic carbocycles. The lowest BCUT2D eigenvalue weighted by atomic mass is 10.1. The van der Waals surface area contributed by atoms with Crippen LogP contribution >= 0.6 is 0 Å². The molecule has 9 heteroatoms. The summed E-state index contributed by atoms with van der Waals surface area (Å²) < 4.78 is 48.2. The molecule has 1 atom stereocenters. The van der Waals surface area contributed by atoms with E-state index in [4.69, 9.17) is 0 Å². The Morgan fingerprint density at radius 3 is 2.42 bits per heavy atom. The van der Waals surface area contributed by atoms with Crippen molar-refractivity contribution in [2.75, 3.05) is 30.9 Å². The number of benzene rings is 1. The highest BCUT2D eigenvalue weighted by Gasteiger charge is 2.36. The molecule has 1 amide bonds. The zero-order valence-electron chi connectivity index (χ0n) is 13.7. The Kier molecular flexibility index (Phi) is 5.67. The maximum atomic E-state index is 12.0. The van der Waals surface area contributed by atoms with Gasteiger partial charge < -0.3 is 5.32 Å². The normalized spacial score (nSPS) is 20.2. The van der Waals surface area contributed by atoms with Gasteiger partial charge in [0.1, 0.15) is 0 Å². The minimum Gasteiger partial charge on any atom is -0.351 e. The maximum Gasteiger partial charge on any atom is 0.251 e. The van der Waals surface area contributed by atoms with Gasteiger partial charge in [0.15, 0.2) is 9.84 Å². The number of amides is 1. The van der Waals surface area contributed by atoms with Gasteiger partial charge >= 0.3 is 0 Å². The van der Waals surface area contributed by atoms with E-state index in [0.29, 0.717) is 12.0 Å². The van der Waals surface area contributed by atoms with Gasteiger partial charge in [0.2, 0.25) is 10.0 Å². The number of nitrogens with zero attached hydrogens (tertiary/aromatic N) is 1. The molecule has 0 bridgehead atoms. The molecule has 1 aliphatic heterocycles. The number of nitrogens with one attached hydrogen (secondary N) is 1. The first-order valence-corrected chi connectivity index (χ1v) is 11.3. The van der Waals surface area contributed by atoms with Crippen LogP contribution in [-0.4, -0.2) is 63.9 Å². The van der Waals surface area contributed by atoms with Gasteiger partial charge in [-0.15, -0.1) is 0 Å². The quantitative estimate of drug-likeness (QED) is 0.765. The Labute approximate surface area is 143 Å². The topological polar surface area (TPSA) is 101 Å². The zero-order valence-corrected chi connectivity index (χ0v) is 15.4. The van der Waals surface area contributed by atoms with Crippen molar-refractivity contribution in [3.05, 3.63) is 35.4 Å². The van der Waals surface area contributed by atoms with Gasteiger partial charge in [0.05, 0.1) is 17.8 Å². The minimum atomic E-state index is -3.55. The third-order valence-corrected chi connectivity index (χ3v) is 7.06. The largest absolute Gasteiger partial charge is 0.351 e. The number of carbonyl (C=O) groups excluding carboxylic acids is 1. The molecule has 7 nitrogen and oxygen atoms in total. The predicted octanol–water partition coefficient (Wildman–Crippen LogP) is 0.174. The molecule has 1 aliphatic rings. The number of hydrogen-bond donors (Lipinski definition) is 1. The van der Waals surface area contributed by atoms with Gasteiger partial charge in [-0.05, 0) is 25.5 Å². The smallest absolute Gasteiger partial charge is 0.251 e. The minimum absolute atomic E-state index is 0.000583. The summed E-state index contributed by atoms with van der Waals surface area (Å²) in [5, 5.41) is 2.67. The third kappa shape index (κ3) is 5.02.